The van der Waals surface area contributed by atoms with Gasteiger partial charge in [0.15, 0.2) is 0 Å². The fourth-order valence-corrected chi connectivity index (χ4v) is 3.21. The van der Waals surface area contributed by atoms with Crippen molar-refractivity contribution in [1.29, 1.82) is 0 Å². The lowest BCUT2D eigenvalue weighted by Crippen LogP contribution is -2.36. The number of nitrogens with zero attached hydrogens (tertiary/aromatic N) is 4. The van der Waals surface area contributed by atoms with Gasteiger partial charge in [-0.05, 0) is 37.1 Å². The van der Waals surface area contributed by atoms with E-state index in [-0.39, 0.29) is 11.9 Å². The first-order chi connectivity index (χ1) is 12.7. The van der Waals surface area contributed by atoms with E-state index < -0.39 is 0 Å². The van der Waals surface area contributed by atoms with E-state index in [9.17, 15) is 4.79 Å². The molecule has 0 fully saturated rings. The molecule has 26 heavy (non-hydrogen) atoms. The number of benzene rings is 1. The van der Waals surface area contributed by atoms with Crippen LogP contribution in [0.2, 0.25) is 0 Å². The predicted octanol–water partition coefficient (Wildman–Crippen LogP) is 3.08. The number of hydrogen-bond donors (Lipinski definition) is 1. The second-order valence-corrected chi connectivity index (χ2v) is 6.32. The van der Waals surface area contributed by atoms with Crippen LogP contribution in [0.4, 0.5) is 11.5 Å². The summed E-state index contributed by atoms with van der Waals surface area (Å²) in [5, 5.41) is 3.16. The van der Waals surface area contributed by atoms with Gasteiger partial charge < -0.3 is 10.2 Å². The van der Waals surface area contributed by atoms with E-state index in [2.05, 4.69) is 26.3 Å². The normalized spacial score (nSPS) is 15.6. The summed E-state index contributed by atoms with van der Waals surface area (Å²) >= 11 is 0. The highest BCUT2D eigenvalue weighted by Crippen LogP contribution is 2.32. The standard InChI is InChI=1S/C20H19N5O/c1-14-10-15-6-2-3-8-18(15)25(14)20(26)17-12-24-19(13-22-17)23-11-16-7-4-5-9-21-16/h2-9,12-14H,10-11H2,1H3,(H,23,24). The maximum Gasteiger partial charge on any atom is 0.278 e. The topological polar surface area (TPSA) is 71.0 Å². The number of pyridine rings is 1. The average Bonchev–Trinajstić information content (AvgIpc) is 3.03. The largest absolute Gasteiger partial charge is 0.363 e. The minimum Gasteiger partial charge on any atom is -0.363 e. The summed E-state index contributed by atoms with van der Waals surface area (Å²) in [4.78, 5) is 27.6. The summed E-state index contributed by atoms with van der Waals surface area (Å²) in [6.45, 7) is 2.60. The Morgan fingerprint density at radius 2 is 1.96 bits per heavy atom. The molecule has 0 aliphatic carbocycles. The molecule has 4 rings (SSSR count). The maximum atomic E-state index is 12.9. The molecule has 3 heterocycles. The number of amides is 1. The molecule has 1 atom stereocenters. The maximum absolute atomic E-state index is 12.9. The summed E-state index contributed by atoms with van der Waals surface area (Å²) in [6, 6.07) is 13.9. The minimum absolute atomic E-state index is 0.114. The van der Waals surface area contributed by atoms with Gasteiger partial charge in [0.05, 0.1) is 24.6 Å². The van der Waals surface area contributed by atoms with E-state index >= 15 is 0 Å². The molecular weight excluding hydrogens is 326 g/mol. The third-order valence-electron chi connectivity index (χ3n) is 4.47. The molecule has 0 spiro atoms. The number of rotatable bonds is 4. The third-order valence-corrected chi connectivity index (χ3v) is 4.47. The summed E-state index contributed by atoms with van der Waals surface area (Å²) in [5.74, 6) is 0.494. The molecule has 1 amide bonds. The van der Waals surface area contributed by atoms with Gasteiger partial charge in [-0.15, -0.1) is 0 Å². The highest BCUT2D eigenvalue weighted by molar-refractivity contribution is 6.06. The number of carbonyl (C=O) groups excluding carboxylic acids is 1. The number of anilines is 2. The van der Waals surface area contributed by atoms with Crippen LogP contribution in [0.3, 0.4) is 0 Å². The van der Waals surface area contributed by atoms with E-state index in [4.69, 9.17) is 0 Å². The Labute approximate surface area is 151 Å². The van der Waals surface area contributed by atoms with Crippen LogP contribution in [0.15, 0.2) is 61.1 Å². The second kappa shape index (κ2) is 6.92. The zero-order valence-corrected chi connectivity index (χ0v) is 14.5. The summed E-state index contributed by atoms with van der Waals surface area (Å²) in [6.07, 6.45) is 5.72. The molecule has 6 heteroatoms. The van der Waals surface area contributed by atoms with Crippen LogP contribution in [0.5, 0.6) is 0 Å². The van der Waals surface area contributed by atoms with E-state index in [1.165, 1.54) is 11.8 Å². The van der Waals surface area contributed by atoms with Crippen LogP contribution in [0.1, 0.15) is 28.7 Å². The molecule has 0 saturated carbocycles. The number of carbonyl (C=O) groups is 1. The fraction of sp³-hybridized carbons (Fsp3) is 0.200. The van der Waals surface area contributed by atoms with Gasteiger partial charge in [0, 0.05) is 17.9 Å². The van der Waals surface area contributed by atoms with Crippen LogP contribution in [-0.4, -0.2) is 26.9 Å². The lowest BCUT2D eigenvalue weighted by atomic mass is 10.1. The van der Waals surface area contributed by atoms with Crippen molar-refractivity contribution < 1.29 is 4.79 Å². The van der Waals surface area contributed by atoms with Crippen molar-refractivity contribution in [3.05, 3.63) is 78.0 Å². The Morgan fingerprint density at radius 3 is 2.73 bits per heavy atom. The molecule has 3 aromatic rings. The van der Waals surface area contributed by atoms with Crippen molar-refractivity contribution in [3.63, 3.8) is 0 Å². The van der Waals surface area contributed by atoms with Gasteiger partial charge in [0.25, 0.3) is 5.91 Å². The van der Waals surface area contributed by atoms with Crippen molar-refractivity contribution in [3.8, 4) is 0 Å². The van der Waals surface area contributed by atoms with Crippen LogP contribution in [-0.2, 0) is 13.0 Å². The molecule has 1 aliphatic rings. The van der Waals surface area contributed by atoms with Gasteiger partial charge in [-0.1, -0.05) is 24.3 Å². The molecule has 1 N–H and O–H groups in total. The minimum atomic E-state index is -0.119. The SMILES string of the molecule is CC1Cc2ccccc2N1C(=O)c1cnc(NCc2ccccn2)cn1. The van der Waals surface area contributed by atoms with Gasteiger partial charge in [0.1, 0.15) is 11.5 Å². The highest BCUT2D eigenvalue weighted by atomic mass is 16.2. The van der Waals surface area contributed by atoms with Crippen molar-refractivity contribution in [2.24, 2.45) is 0 Å². The molecular formula is C20H19N5O. The van der Waals surface area contributed by atoms with Crippen LogP contribution in [0, 0.1) is 0 Å². The molecule has 2 aromatic heterocycles. The average molecular weight is 345 g/mol. The molecule has 1 unspecified atom stereocenters. The van der Waals surface area contributed by atoms with E-state index in [0.29, 0.717) is 18.1 Å². The number of para-hydroxylation sites is 1. The molecule has 130 valence electrons. The van der Waals surface area contributed by atoms with E-state index in [1.807, 2.05) is 43.3 Å². The number of hydrogen-bond acceptors (Lipinski definition) is 5. The number of fused-ring (bicyclic) bond motifs is 1. The fourth-order valence-electron chi connectivity index (χ4n) is 3.21. The zero-order chi connectivity index (χ0) is 17.9. The van der Waals surface area contributed by atoms with Crippen LogP contribution < -0.4 is 10.2 Å². The second-order valence-electron chi connectivity index (χ2n) is 6.32. The lowest BCUT2D eigenvalue weighted by Gasteiger charge is -2.22. The Bertz CT molecular complexity index is 911. The van der Waals surface area contributed by atoms with Gasteiger partial charge in [-0.2, -0.15) is 0 Å². The van der Waals surface area contributed by atoms with Crippen molar-refractivity contribution in [2.45, 2.75) is 25.9 Å². The van der Waals surface area contributed by atoms with Crippen molar-refractivity contribution in [1.82, 2.24) is 15.0 Å². The quantitative estimate of drug-likeness (QED) is 0.787. The Kier molecular flexibility index (Phi) is 4.31. The van der Waals surface area contributed by atoms with E-state index in [1.54, 1.807) is 17.3 Å². The molecule has 6 nitrogen and oxygen atoms in total. The molecule has 1 aliphatic heterocycles. The van der Waals surface area contributed by atoms with Gasteiger partial charge in [0.2, 0.25) is 0 Å². The summed E-state index contributed by atoms with van der Waals surface area (Å²) in [5.41, 5.74) is 3.41. The number of aromatic nitrogens is 3. The molecule has 0 bridgehead atoms. The molecule has 1 aromatic carbocycles. The predicted molar refractivity (Wildman–Crippen MR) is 100 cm³/mol. The van der Waals surface area contributed by atoms with Gasteiger partial charge >= 0.3 is 0 Å². The lowest BCUT2D eigenvalue weighted by molar-refractivity contribution is 0.0976. The van der Waals surface area contributed by atoms with Crippen LogP contribution in [0.25, 0.3) is 0 Å². The Hall–Kier alpha value is -3.28. The first kappa shape index (κ1) is 16.2. The third kappa shape index (κ3) is 3.13. The van der Waals surface area contributed by atoms with Crippen LogP contribution >= 0.6 is 0 Å². The Morgan fingerprint density at radius 1 is 1.12 bits per heavy atom. The molecule has 0 radical (unpaired) electrons. The Balaban J connectivity index is 1.47. The first-order valence-corrected chi connectivity index (χ1v) is 8.59. The first-order valence-electron chi connectivity index (χ1n) is 8.59. The highest BCUT2D eigenvalue weighted by Gasteiger charge is 2.31. The van der Waals surface area contributed by atoms with Gasteiger partial charge in [-0.25, -0.2) is 9.97 Å². The molecule has 0 saturated heterocycles. The van der Waals surface area contributed by atoms with E-state index in [0.717, 1.165) is 17.8 Å². The van der Waals surface area contributed by atoms with Crippen molar-refractivity contribution in [2.75, 3.05) is 10.2 Å². The monoisotopic (exact) mass is 345 g/mol. The van der Waals surface area contributed by atoms with Gasteiger partial charge in [-0.3, -0.25) is 9.78 Å². The van der Waals surface area contributed by atoms with Crippen molar-refractivity contribution >= 4 is 17.4 Å². The summed E-state index contributed by atoms with van der Waals surface area (Å²) in [7, 11) is 0. The summed E-state index contributed by atoms with van der Waals surface area (Å²) < 4.78 is 0. The number of nitrogens with one attached hydrogen (secondary N) is 1. The smallest absolute Gasteiger partial charge is 0.278 e. The zero-order valence-electron chi connectivity index (χ0n) is 14.5.